The van der Waals surface area contributed by atoms with Crippen LogP contribution in [0.25, 0.3) is 10.9 Å². The maximum absolute atomic E-state index is 12.2. The maximum Gasteiger partial charge on any atom is 0.221 e. The van der Waals surface area contributed by atoms with E-state index in [0.717, 1.165) is 11.4 Å². The molecule has 0 radical (unpaired) electrons. The molecular formula is C18H22N4O. The van der Waals surface area contributed by atoms with Gasteiger partial charge in [0, 0.05) is 41.4 Å². The highest BCUT2D eigenvalue weighted by Crippen LogP contribution is 2.45. The Labute approximate surface area is 135 Å². The van der Waals surface area contributed by atoms with E-state index in [-0.39, 0.29) is 18.0 Å². The standard InChI is InChI=1S/C18H22N4O/c23-15-9-13(11-5-2-6-14-12(11)7-8-19-14)16-17(10-3-1-4-10)21-22-18(16)20-15/h2,5-8,10,13,16-19,21-22H,1,3-4,9H2,(H,20,23). The lowest BCUT2D eigenvalue weighted by molar-refractivity contribution is -0.125. The van der Waals surface area contributed by atoms with E-state index >= 15 is 0 Å². The van der Waals surface area contributed by atoms with E-state index in [0.29, 0.717) is 18.4 Å². The summed E-state index contributed by atoms with van der Waals surface area (Å²) in [5.74, 6) is 1.56. The fourth-order valence-corrected chi connectivity index (χ4v) is 4.75. The van der Waals surface area contributed by atoms with Gasteiger partial charge in [0.15, 0.2) is 0 Å². The summed E-state index contributed by atoms with van der Waals surface area (Å²) in [7, 11) is 0. The third-order valence-corrected chi connectivity index (χ3v) is 6.08. The lowest BCUT2D eigenvalue weighted by atomic mass is 9.68. The summed E-state index contributed by atoms with van der Waals surface area (Å²) in [5.41, 5.74) is 9.30. The van der Waals surface area contributed by atoms with E-state index in [1.807, 2.05) is 6.20 Å². The minimum atomic E-state index is 0.0426. The molecule has 0 bridgehead atoms. The molecule has 1 saturated carbocycles. The van der Waals surface area contributed by atoms with Gasteiger partial charge < -0.3 is 10.3 Å². The van der Waals surface area contributed by atoms with Crippen LogP contribution in [0.5, 0.6) is 0 Å². The Morgan fingerprint density at radius 3 is 2.83 bits per heavy atom. The zero-order valence-electron chi connectivity index (χ0n) is 13.0. The molecule has 1 aromatic carbocycles. The van der Waals surface area contributed by atoms with Crippen molar-refractivity contribution >= 4 is 16.8 Å². The molecule has 120 valence electrons. The van der Waals surface area contributed by atoms with Gasteiger partial charge in [-0.2, -0.15) is 0 Å². The quantitative estimate of drug-likeness (QED) is 0.686. The fourth-order valence-electron chi connectivity index (χ4n) is 4.75. The molecule has 4 unspecified atom stereocenters. The second-order valence-corrected chi connectivity index (χ2v) is 7.22. The Bertz CT molecular complexity index is 750. The summed E-state index contributed by atoms with van der Waals surface area (Å²) in [6, 6.07) is 9.00. The largest absolute Gasteiger partial charge is 0.361 e. The Hall–Kier alpha value is -1.85. The molecule has 3 fully saturated rings. The van der Waals surface area contributed by atoms with Crippen molar-refractivity contribution in [2.45, 2.75) is 43.8 Å². The minimum Gasteiger partial charge on any atom is -0.361 e. The van der Waals surface area contributed by atoms with Crippen LogP contribution in [0.1, 0.15) is 37.2 Å². The highest BCUT2D eigenvalue weighted by Gasteiger charge is 2.49. The van der Waals surface area contributed by atoms with Crippen molar-refractivity contribution in [2.75, 3.05) is 0 Å². The molecule has 4 atom stereocenters. The van der Waals surface area contributed by atoms with Crippen LogP contribution in [0.15, 0.2) is 30.5 Å². The Kier molecular flexibility index (Phi) is 3.00. The van der Waals surface area contributed by atoms with Crippen molar-refractivity contribution in [1.29, 1.82) is 0 Å². The third-order valence-electron chi connectivity index (χ3n) is 6.08. The number of hydrazine groups is 1. The molecule has 1 aliphatic carbocycles. The number of aromatic amines is 1. The van der Waals surface area contributed by atoms with Gasteiger partial charge in [-0.25, -0.2) is 5.43 Å². The van der Waals surface area contributed by atoms with E-state index in [4.69, 9.17) is 0 Å². The molecule has 2 saturated heterocycles. The summed E-state index contributed by atoms with van der Waals surface area (Å²) in [5, 5.41) is 4.39. The number of amides is 1. The molecule has 4 N–H and O–H groups in total. The second-order valence-electron chi connectivity index (χ2n) is 7.22. The topological polar surface area (TPSA) is 69.0 Å². The zero-order chi connectivity index (χ0) is 15.4. The van der Waals surface area contributed by atoms with Crippen molar-refractivity contribution in [3.63, 3.8) is 0 Å². The third kappa shape index (κ3) is 2.03. The average Bonchev–Trinajstić information content (AvgIpc) is 3.11. The Morgan fingerprint density at radius 2 is 2.00 bits per heavy atom. The van der Waals surface area contributed by atoms with Crippen LogP contribution in [-0.4, -0.2) is 23.1 Å². The number of benzene rings is 1. The highest BCUT2D eigenvalue weighted by molar-refractivity contribution is 5.85. The maximum atomic E-state index is 12.2. The van der Waals surface area contributed by atoms with Crippen molar-refractivity contribution < 1.29 is 4.79 Å². The average molecular weight is 310 g/mol. The molecule has 2 aromatic rings. The molecule has 1 amide bonds. The van der Waals surface area contributed by atoms with E-state index < -0.39 is 0 Å². The van der Waals surface area contributed by atoms with E-state index in [9.17, 15) is 4.79 Å². The summed E-state index contributed by atoms with van der Waals surface area (Å²) in [6.07, 6.45) is 6.56. The van der Waals surface area contributed by atoms with Gasteiger partial charge in [0.2, 0.25) is 5.91 Å². The van der Waals surface area contributed by atoms with Crippen LogP contribution in [0.4, 0.5) is 0 Å². The Morgan fingerprint density at radius 1 is 1.09 bits per heavy atom. The monoisotopic (exact) mass is 310 g/mol. The first kappa shape index (κ1) is 13.6. The number of piperidine rings is 1. The molecule has 23 heavy (non-hydrogen) atoms. The molecule has 2 aliphatic heterocycles. The van der Waals surface area contributed by atoms with Gasteiger partial charge in [0.1, 0.15) is 0 Å². The number of carbonyl (C=O) groups excluding carboxylic acids is 1. The summed E-state index contributed by atoms with van der Waals surface area (Å²) in [4.78, 5) is 15.5. The number of hydrogen-bond donors (Lipinski definition) is 4. The SMILES string of the molecule is O=C1CC(c2cccc3[nH]ccc23)C2C(NNC2C2CCC2)N1. The number of aromatic nitrogens is 1. The first-order valence-electron chi connectivity index (χ1n) is 8.68. The van der Waals surface area contributed by atoms with Crippen LogP contribution in [0.3, 0.4) is 0 Å². The van der Waals surface area contributed by atoms with Gasteiger partial charge in [0.25, 0.3) is 0 Å². The lowest BCUT2D eigenvalue weighted by Crippen LogP contribution is -2.53. The molecule has 0 spiro atoms. The molecule has 5 heteroatoms. The van der Waals surface area contributed by atoms with Crippen molar-refractivity contribution in [3.05, 3.63) is 36.0 Å². The summed E-state index contributed by atoms with van der Waals surface area (Å²) < 4.78 is 0. The molecular weight excluding hydrogens is 288 g/mol. The summed E-state index contributed by atoms with van der Waals surface area (Å²) >= 11 is 0. The first-order chi connectivity index (χ1) is 11.3. The van der Waals surface area contributed by atoms with E-state index in [1.54, 1.807) is 0 Å². The number of fused-ring (bicyclic) bond motifs is 2. The number of nitrogens with one attached hydrogen (secondary N) is 4. The molecule has 3 heterocycles. The van der Waals surface area contributed by atoms with Crippen LogP contribution in [0, 0.1) is 11.8 Å². The van der Waals surface area contributed by atoms with Crippen LogP contribution >= 0.6 is 0 Å². The minimum absolute atomic E-state index is 0.0426. The predicted molar refractivity (Wildman–Crippen MR) is 88.5 cm³/mol. The second kappa shape index (κ2) is 5.08. The normalized spacial score (nSPS) is 34.2. The molecule has 3 aliphatic rings. The number of rotatable bonds is 2. The van der Waals surface area contributed by atoms with Crippen LogP contribution < -0.4 is 16.2 Å². The fraction of sp³-hybridized carbons (Fsp3) is 0.500. The Balaban J connectivity index is 1.58. The van der Waals surface area contributed by atoms with Gasteiger partial charge in [-0.1, -0.05) is 18.6 Å². The lowest BCUT2D eigenvalue weighted by Gasteiger charge is -2.41. The number of hydrogen-bond acceptors (Lipinski definition) is 3. The van der Waals surface area contributed by atoms with Crippen molar-refractivity contribution in [2.24, 2.45) is 11.8 Å². The van der Waals surface area contributed by atoms with Gasteiger partial charge in [-0.15, -0.1) is 0 Å². The van der Waals surface area contributed by atoms with Crippen molar-refractivity contribution in [1.82, 2.24) is 21.2 Å². The molecule has 5 nitrogen and oxygen atoms in total. The van der Waals surface area contributed by atoms with Gasteiger partial charge in [-0.3, -0.25) is 10.2 Å². The predicted octanol–water partition coefficient (Wildman–Crippen LogP) is 1.99. The van der Waals surface area contributed by atoms with Gasteiger partial charge in [0.05, 0.1) is 6.17 Å². The van der Waals surface area contributed by atoms with Gasteiger partial charge >= 0.3 is 0 Å². The van der Waals surface area contributed by atoms with E-state index in [2.05, 4.69) is 45.4 Å². The highest BCUT2D eigenvalue weighted by atomic mass is 16.2. The summed E-state index contributed by atoms with van der Waals surface area (Å²) in [6.45, 7) is 0. The number of carbonyl (C=O) groups is 1. The van der Waals surface area contributed by atoms with Crippen LogP contribution in [-0.2, 0) is 4.79 Å². The molecule has 5 rings (SSSR count). The van der Waals surface area contributed by atoms with Crippen molar-refractivity contribution in [3.8, 4) is 0 Å². The number of H-pyrrole nitrogens is 1. The molecule has 1 aromatic heterocycles. The smallest absolute Gasteiger partial charge is 0.221 e. The van der Waals surface area contributed by atoms with Crippen LogP contribution in [0.2, 0.25) is 0 Å². The zero-order valence-corrected chi connectivity index (χ0v) is 13.0. The first-order valence-corrected chi connectivity index (χ1v) is 8.68. The van der Waals surface area contributed by atoms with Gasteiger partial charge in [-0.05, 0) is 36.5 Å². The van der Waals surface area contributed by atoms with E-state index in [1.165, 1.54) is 30.2 Å².